The highest BCUT2D eigenvalue weighted by molar-refractivity contribution is 5.22. The lowest BCUT2D eigenvalue weighted by molar-refractivity contribution is 0.0273. The molecule has 2 aromatic carbocycles. The van der Waals surface area contributed by atoms with E-state index in [0.717, 1.165) is 12.1 Å². The van der Waals surface area contributed by atoms with Gasteiger partial charge in [0.05, 0.1) is 6.61 Å². The predicted octanol–water partition coefficient (Wildman–Crippen LogP) is 4.06. The highest BCUT2D eigenvalue weighted by atomic mass is 19.2. The Bertz CT molecular complexity index is 782. The van der Waals surface area contributed by atoms with E-state index in [1.807, 2.05) is 0 Å². The summed E-state index contributed by atoms with van der Waals surface area (Å²) in [6, 6.07) is 8.07. The highest BCUT2D eigenvalue weighted by Gasteiger charge is 2.36. The molecule has 0 amide bonds. The molecule has 0 bridgehead atoms. The van der Waals surface area contributed by atoms with Crippen molar-refractivity contribution in [2.24, 2.45) is 5.41 Å². The molecule has 0 radical (unpaired) electrons. The first kappa shape index (κ1) is 18.9. The maximum atomic E-state index is 14.0. The number of hydrogen-bond acceptors (Lipinski definition) is 2. The van der Waals surface area contributed by atoms with Gasteiger partial charge in [-0.3, -0.25) is 4.90 Å². The third-order valence-corrected chi connectivity index (χ3v) is 5.12. The molecule has 1 aliphatic rings. The largest absolute Gasteiger partial charge is 0.396 e. The van der Waals surface area contributed by atoms with Gasteiger partial charge in [-0.15, -0.1) is 0 Å². The van der Waals surface area contributed by atoms with Crippen LogP contribution in [-0.2, 0) is 13.0 Å². The topological polar surface area (TPSA) is 23.5 Å². The van der Waals surface area contributed by atoms with E-state index < -0.39 is 22.9 Å². The van der Waals surface area contributed by atoms with Crippen LogP contribution in [0.5, 0.6) is 0 Å². The highest BCUT2D eigenvalue weighted by Crippen LogP contribution is 2.35. The van der Waals surface area contributed by atoms with E-state index >= 15 is 0 Å². The molecule has 3 rings (SSSR count). The summed E-state index contributed by atoms with van der Waals surface area (Å²) in [4.78, 5) is 1.79. The van der Waals surface area contributed by atoms with E-state index in [0.29, 0.717) is 37.9 Å². The normalized spacial score (nSPS) is 21.1. The van der Waals surface area contributed by atoms with Gasteiger partial charge in [-0.05, 0) is 49.6 Å². The second kappa shape index (κ2) is 7.76. The van der Waals surface area contributed by atoms with Gasteiger partial charge in [-0.1, -0.05) is 18.2 Å². The molecule has 1 atom stereocenters. The van der Waals surface area contributed by atoms with Crippen molar-refractivity contribution >= 4 is 0 Å². The molecular formula is C20H21F4NO. The van der Waals surface area contributed by atoms with Gasteiger partial charge in [0.25, 0.3) is 0 Å². The van der Waals surface area contributed by atoms with Crippen LogP contribution < -0.4 is 0 Å². The van der Waals surface area contributed by atoms with Crippen molar-refractivity contribution in [1.82, 2.24) is 4.90 Å². The van der Waals surface area contributed by atoms with Crippen LogP contribution >= 0.6 is 0 Å². The lowest BCUT2D eigenvalue weighted by Crippen LogP contribution is -2.46. The molecule has 1 aliphatic heterocycles. The minimum Gasteiger partial charge on any atom is -0.396 e. The summed E-state index contributed by atoms with van der Waals surface area (Å²) in [5.41, 5.74) is -0.406. The Kier molecular flexibility index (Phi) is 5.63. The SMILES string of the molecule is OC[C@]1(Cc2ccccc2F)CCCN(Cc2c(F)ccc(F)c2F)C1. The molecule has 2 aromatic rings. The van der Waals surface area contributed by atoms with Gasteiger partial charge >= 0.3 is 0 Å². The fourth-order valence-electron chi connectivity index (χ4n) is 3.76. The van der Waals surface area contributed by atoms with Crippen LogP contribution in [0.4, 0.5) is 17.6 Å². The van der Waals surface area contributed by atoms with Crippen LogP contribution in [0.15, 0.2) is 36.4 Å². The van der Waals surface area contributed by atoms with Crippen LogP contribution in [0, 0.1) is 28.7 Å². The summed E-state index contributed by atoms with van der Waals surface area (Å²) < 4.78 is 55.3. The Morgan fingerprint density at radius 3 is 2.42 bits per heavy atom. The fraction of sp³-hybridized carbons (Fsp3) is 0.400. The fourth-order valence-corrected chi connectivity index (χ4v) is 3.76. The summed E-state index contributed by atoms with van der Waals surface area (Å²) in [7, 11) is 0. The van der Waals surface area contributed by atoms with Gasteiger partial charge in [0, 0.05) is 24.1 Å². The first-order valence-corrected chi connectivity index (χ1v) is 8.63. The Hall–Kier alpha value is -1.92. The molecule has 0 spiro atoms. The van der Waals surface area contributed by atoms with Crippen LogP contribution in [0.25, 0.3) is 0 Å². The first-order valence-electron chi connectivity index (χ1n) is 8.63. The predicted molar refractivity (Wildman–Crippen MR) is 90.4 cm³/mol. The molecule has 0 aromatic heterocycles. The second-order valence-electron chi connectivity index (χ2n) is 7.06. The van der Waals surface area contributed by atoms with Crippen molar-refractivity contribution in [3.8, 4) is 0 Å². The van der Waals surface area contributed by atoms with E-state index in [2.05, 4.69) is 0 Å². The lowest BCUT2D eigenvalue weighted by atomic mass is 9.75. The molecule has 1 N–H and O–H groups in total. The number of halogens is 4. The van der Waals surface area contributed by atoms with Gasteiger partial charge in [0.2, 0.25) is 0 Å². The summed E-state index contributed by atoms with van der Waals surface area (Å²) in [6.45, 7) is 0.683. The maximum Gasteiger partial charge on any atom is 0.166 e. The van der Waals surface area contributed by atoms with Crippen molar-refractivity contribution in [2.75, 3.05) is 19.7 Å². The molecule has 0 unspecified atom stereocenters. The first-order chi connectivity index (χ1) is 12.4. The molecule has 0 aliphatic carbocycles. The quantitative estimate of drug-likeness (QED) is 0.636. The van der Waals surface area contributed by atoms with Crippen LogP contribution in [-0.4, -0.2) is 29.7 Å². The zero-order valence-corrected chi connectivity index (χ0v) is 14.3. The van der Waals surface area contributed by atoms with Crippen molar-refractivity contribution in [3.63, 3.8) is 0 Å². The van der Waals surface area contributed by atoms with Crippen molar-refractivity contribution < 1.29 is 22.7 Å². The van der Waals surface area contributed by atoms with E-state index in [9.17, 15) is 22.7 Å². The van der Waals surface area contributed by atoms with Gasteiger partial charge in [-0.2, -0.15) is 0 Å². The molecule has 1 heterocycles. The van der Waals surface area contributed by atoms with Crippen LogP contribution in [0.1, 0.15) is 24.0 Å². The Morgan fingerprint density at radius 2 is 1.69 bits per heavy atom. The Labute approximate surface area is 150 Å². The summed E-state index contributed by atoms with van der Waals surface area (Å²) in [5.74, 6) is -3.39. The molecule has 1 saturated heterocycles. The zero-order chi connectivity index (χ0) is 18.7. The van der Waals surface area contributed by atoms with Crippen molar-refractivity contribution in [3.05, 3.63) is 70.8 Å². The second-order valence-corrected chi connectivity index (χ2v) is 7.06. The summed E-state index contributed by atoms with van der Waals surface area (Å²) in [6.07, 6.45) is 1.72. The third-order valence-electron chi connectivity index (χ3n) is 5.12. The molecule has 2 nitrogen and oxygen atoms in total. The van der Waals surface area contributed by atoms with E-state index in [-0.39, 0.29) is 24.5 Å². The summed E-state index contributed by atoms with van der Waals surface area (Å²) >= 11 is 0. The number of hydrogen-bond donors (Lipinski definition) is 1. The molecule has 6 heteroatoms. The third kappa shape index (κ3) is 3.91. The monoisotopic (exact) mass is 367 g/mol. The van der Waals surface area contributed by atoms with Crippen LogP contribution in [0.2, 0.25) is 0 Å². The zero-order valence-electron chi connectivity index (χ0n) is 14.3. The minimum atomic E-state index is -1.18. The van der Waals surface area contributed by atoms with E-state index in [1.165, 1.54) is 6.07 Å². The number of nitrogens with zero attached hydrogens (tertiary/aromatic N) is 1. The average molecular weight is 367 g/mol. The number of aliphatic hydroxyl groups is 1. The van der Waals surface area contributed by atoms with E-state index in [1.54, 1.807) is 23.1 Å². The average Bonchev–Trinajstić information content (AvgIpc) is 2.64. The minimum absolute atomic E-state index is 0.0888. The van der Waals surface area contributed by atoms with Crippen molar-refractivity contribution in [2.45, 2.75) is 25.8 Å². The van der Waals surface area contributed by atoms with Gasteiger partial charge < -0.3 is 5.11 Å². The molecule has 0 saturated carbocycles. The number of likely N-dealkylation sites (tertiary alicyclic amines) is 1. The molecular weight excluding hydrogens is 346 g/mol. The standard InChI is InChI=1S/C20H21F4NO/c21-16-5-2-1-4-14(16)10-20(13-26)8-3-9-25(12-20)11-15-17(22)6-7-18(23)19(15)24/h1-2,4-7,26H,3,8-13H2/t20-/m0/s1. The smallest absolute Gasteiger partial charge is 0.166 e. The Morgan fingerprint density at radius 1 is 0.962 bits per heavy atom. The summed E-state index contributed by atoms with van der Waals surface area (Å²) in [5, 5.41) is 9.97. The maximum absolute atomic E-state index is 14.0. The lowest BCUT2D eigenvalue weighted by Gasteiger charge is -2.42. The van der Waals surface area contributed by atoms with Gasteiger partial charge in [0.15, 0.2) is 11.6 Å². The Balaban J connectivity index is 1.79. The number of benzene rings is 2. The molecule has 140 valence electrons. The number of aliphatic hydroxyl groups excluding tert-OH is 1. The number of rotatable bonds is 5. The van der Waals surface area contributed by atoms with Crippen LogP contribution in [0.3, 0.4) is 0 Å². The molecule has 26 heavy (non-hydrogen) atoms. The number of piperidine rings is 1. The van der Waals surface area contributed by atoms with Crippen molar-refractivity contribution in [1.29, 1.82) is 0 Å². The van der Waals surface area contributed by atoms with E-state index in [4.69, 9.17) is 0 Å². The van der Waals surface area contributed by atoms with Gasteiger partial charge in [-0.25, -0.2) is 17.6 Å². The van der Waals surface area contributed by atoms with Gasteiger partial charge in [0.1, 0.15) is 11.6 Å². The molecule has 1 fully saturated rings.